The van der Waals surface area contributed by atoms with Crippen LogP contribution >= 0.6 is 46.4 Å². The molecule has 3 aliphatic rings. The highest BCUT2D eigenvalue weighted by Gasteiger charge is 2.53. The molecule has 3 saturated heterocycles. The topological polar surface area (TPSA) is 221 Å². The molecular formula is C55H81Cl4N3O14. The lowest BCUT2D eigenvalue weighted by Crippen LogP contribution is -2.61. The number of ketones is 1. The number of imidazole rings is 1. The smallest absolute Gasteiger partial charge is 0.311 e. The molecule has 17 nitrogen and oxygen atoms in total. The minimum absolute atomic E-state index is 0.0936. The molecule has 21 heteroatoms. The first-order valence-corrected chi connectivity index (χ1v) is 27.5. The lowest BCUT2D eigenvalue weighted by molar-refractivity contribution is -0.318. The monoisotopic (exact) mass is 1150 g/mol. The lowest BCUT2D eigenvalue weighted by atomic mass is 9.74. The number of hydrogen-bond acceptors (Lipinski definition) is 16. The van der Waals surface area contributed by atoms with Gasteiger partial charge < -0.3 is 68.2 Å². The maximum atomic E-state index is 14.1. The van der Waals surface area contributed by atoms with Crippen molar-refractivity contribution in [2.45, 2.75) is 198 Å². The number of cyclic esters (lactones) is 1. The first-order chi connectivity index (χ1) is 35.5. The molecule has 6 rings (SSSR count). The van der Waals surface area contributed by atoms with Gasteiger partial charge in [-0.3, -0.25) is 9.59 Å². The summed E-state index contributed by atoms with van der Waals surface area (Å²) in [5, 5.41) is 59.9. The van der Waals surface area contributed by atoms with Gasteiger partial charge in [0.25, 0.3) is 0 Å². The number of methoxy groups -OCH3 is 1. The van der Waals surface area contributed by atoms with Crippen molar-refractivity contribution in [2.75, 3.05) is 21.2 Å². The molecule has 76 heavy (non-hydrogen) atoms. The van der Waals surface area contributed by atoms with Crippen LogP contribution < -0.4 is 0 Å². The highest BCUT2D eigenvalue weighted by atomic mass is 35.5. The predicted molar refractivity (Wildman–Crippen MR) is 289 cm³/mol. The Morgan fingerprint density at radius 1 is 0.868 bits per heavy atom. The molecule has 4 heterocycles. The van der Waals surface area contributed by atoms with Crippen LogP contribution in [0.15, 0.2) is 55.1 Å². The Morgan fingerprint density at radius 3 is 2.09 bits per heavy atom. The zero-order valence-electron chi connectivity index (χ0n) is 45.9. The normalized spacial score (nSPS) is 37.4. The van der Waals surface area contributed by atoms with E-state index in [2.05, 4.69) is 4.98 Å². The lowest BCUT2D eigenvalue weighted by Gasteiger charge is -2.49. The standard InChI is InChI=1S/C37H67NO13.C18H14Cl4N2O/c1-14-25-37(10,45)30(41)20(4)27(39)18(2)16-35(8,44)32(51-34-28(40)24(38(11)12)15-19(3)47-34)21(5)29(22(6)33(43)49-25)50-26-17-36(9,46-13)31(42)23(7)48-26;19-13-2-1-12(16(21)7-13)10-25-18(9-24-6-5-23-11-24)15-4-3-14(20)8-17(15)22/h18-26,28-32,34,40-42,44-45H,14-17H2,1-13H3;1-8,11,18H,9-10H2/t18-,19-,20+,21+,22-,23+,24+,25-,26+,28-,29+,30-,31+,32-,34+,35-,36-,37-;/m1./s1. The Kier molecular flexibility index (Phi) is 23.1. The van der Waals surface area contributed by atoms with Crippen LogP contribution in [0.3, 0.4) is 0 Å². The van der Waals surface area contributed by atoms with E-state index in [0.29, 0.717) is 39.7 Å². The second-order valence-corrected chi connectivity index (χ2v) is 23.6. The Labute approximate surface area is 468 Å². The van der Waals surface area contributed by atoms with Gasteiger partial charge in [0.1, 0.15) is 35.8 Å². The molecule has 0 amide bonds. The number of carbonyl (C=O) groups is 2. The van der Waals surface area contributed by atoms with Gasteiger partial charge in [-0.15, -0.1) is 0 Å². The fourth-order valence-corrected chi connectivity index (χ4v) is 11.8. The Morgan fingerprint density at radius 2 is 1.51 bits per heavy atom. The van der Waals surface area contributed by atoms with E-state index in [9.17, 15) is 35.1 Å². The van der Waals surface area contributed by atoms with E-state index in [0.717, 1.165) is 11.1 Å². The van der Waals surface area contributed by atoms with Crippen molar-refractivity contribution in [1.82, 2.24) is 14.5 Å². The Bertz CT molecular complexity index is 2350. The summed E-state index contributed by atoms with van der Waals surface area (Å²) in [4.78, 5) is 33.8. The number of carbonyl (C=O) groups excluding carboxylic acids is 2. The fourth-order valence-electron chi connectivity index (χ4n) is 10.8. The number of rotatable bonds is 13. The van der Waals surface area contributed by atoms with Crippen molar-refractivity contribution in [2.24, 2.45) is 23.7 Å². The third-order valence-corrected chi connectivity index (χ3v) is 16.7. The summed E-state index contributed by atoms with van der Waals surface area (Å²) >= 11 is 24.5. The van der Waals surface area contributed by atoms with Crippen LogP contribution in [-0.2, 0) is 55.9 Å². The average molecular weight is 1150 g/mol. The van der Waals surface area contributed by atoms with Gasteiger partial charge in [-0.1, -0.05) is 86.2 Å². The number of aromatic nitrogens is 2. The minimum atomic E-state index is -1.99. The Balaban J connectivity index is 0.000000353. The highest BCUT2D eigenvalue weighted by Crippen LogP contribution is 2.41. The van der Waals surface area contributed by atoms with Crippen molar-refractivity contribution in [3.8, 4) is 0 Å². The van der Waals surface area contributed by atoms with Crippen LogP contribution in [0.5, 0.6) is 0 Å². The van der Waals surface area contributed by atoms with Crippen LogP contribution in [0, 0.1) is 23.7 Å². The molecule has 0 bridgehead atoms. The van der Waals surface area contributed by atoms with Gasteiger partial charge in [0, 0.05) is 75.4 Å². The van der Waals surface area contributed by atoms with Gasteiger partial charge in [0.05, 0.1) is 67.1 Å². The second kappa shape index (κ2) is 27.3. The third-order valence-electron chi connectivity index (χ3n) is 15.5. The molecule has 3 aliphatic heterocycles. The minimum Gasteiger partial charge on any atom is -0.459 e. The zero-order chi connectivity index (χ0) is 56.8. The molecule has 3 aromatic rings. The second-order valence-electron chi connectivity index (χ2n) is 21.9. The molecule has 3 fully saturated rings. The van der Waals surface area contributed by atoms with E-state index in [1.807, 2.05) is 48.8 Å². The summed E-state index contributed by atoms with van der Waals surface area (Å²) in [5.41, 5.74) is -3.13. The van der Waals surface area contributed by atoms with Crippen molar-refractivity contribution >= 4 is 58.2 Å². The Hall–Kier alpha value is -2.53. The molecule has 19 atom stereocenters. The first kappa shape index (κ1) is 64.3. The number of aliphatic hydroxyl groups excluding tert-OH is 3. The number of halogens is 4. The van der Waals surface area contributed by atoms with Crippen molar-refractivity contribution in [1.29, 1.82) is 0 Å². The summed E-state index contributed by atoms with van der Waals surface area (Å²) in [6, 6.07) is 10.4. The van der Waals surface area contributed by atoms with Crippen molar-refractivity contribution in [3.63, 3.8) is 0 Å². The molecule has 2 aromatic carbocycles. The average Bonchev–Trinajstić information content (AvgIpc) is 3.87. The zero-order valence-corrected chi connectivity index (χ0v) is 49.0. The molecule has 5 N–H and O–H groups in total. The van der Waals surface area contributed by atoms with Crippen LogP contribution in [0.1, 0.15) is 112 Å². The predicted octanol–water partition coefficient (Wildman–Crippen LogP) is 8.24. The van der Waals surface area contributed by atoms with E-state index in [1.54, 1.807) is 78.3 Å². The molecule has 0 spiro atoms. The number of Topliss-reactive ketones (excluding diaryl/α,β-unsaturated/α-hetero) is 1. The van der Waals surface area contributed by atoms with E-state index in [1.165, 1.54) is 27.9 Å². The molecule has 0 radical (unpaired) electrons. The summed E-state index contributed by atoms with van der Waals surface area (Å²) in [6.07, 6.45) is -4.67. The van der Waals surface area contributed by atoms with Crippen molar-refractivity contribution < 1.29 is 68.3 Å². The summed E-state index contributed by atoms with van der Waals surface area (Å²) in [6.45, 7) is 17.2. The summed E-state index contributed by atoms with van der Waals surface area (Å²) in [5.74, 6) is -4.98. The maximum absolute atomic E-state index is 14.1. The third kappa shape index (κ3) is 15.7. The van der Waals surface area contributed by atoms with Crippen LogP contribution in [0.4, 0.5) is 0 Å². The van der Waals surface area contributed by atoms with E-state index >= 15 is 0 Å². The van der Waals surface area contributed by atoms with Gasteiger partial charge in [-0.05, 0) is 105 Å². The quantitative estimate of drug-likeness (QED) is 0.102. The van der Waals surface area contributed by atoms with Crippen LogP contribution in [0.2, 0.25) is 20.1 Å². The molecule has 0 aliphatic carbocycles. The number of nitrogens with zero attached hydrogens (tertiary/aromatic N) is 3. The molecule has 428 valence electrons. The van der Waals surface area contributed by atoms with E-state index in [4.69, 9.17) is 79.6 Å². The number of ether oxygens (including phenoxy) is 7. The van der Waals surface area contributed by atoms with Gasteiger partial charge in [0.2, 0.25) is 0 Å². The van der Waals surface area contributed by atoms with E-state index < -0.39 is 108 Å². The summed E-state index contributed by atoms with van der Waals surface area (Å²) in [7, 11) is 5.18. The molecule has 0 saturated carbocycles. The van der Waals surface area contributed by atoms with E-state index in [-0.39, 0.29) is 37.5 Å². The van der Waals surface area contributed by atoms with Gasteiger partial charge in [-0.25, -0.2) is 4.98 Å². The molecular weight excluding hydrogens is 1070 g/mol. The summed E-state index contributed by atoms with van der Waals surface area (Å²) < 4.78 is 45.1. The number of esters is 1. The molecule has 1 unspecified atom stereocenters. The number of aliphatic hydroxyl groups is 5. The maximum Gasteiger partial charge on any atom is 0.311 e. The molecule has 1 aromatic heterocycles. The SMILES string of the molecule is CC[C@H]1OC(=O)[C@H](C)[C@@H](O[C@H]2C[C@@](C)(OC)[C@@H](O)[C@H](C)O2)[C@H](C)[C@@H](O[C@@H]2O[C@H](C)C[C@H](N(C)C)[C@H]2O)[C@](C)(O)C[C@@H](C)C(=O)[C@H](C)[C@@H](O)[C@]1(C)O.Clc1ccc(COC(Cn2ccnc2)c2ccc(Cl)cc2Cl)c(Cl)c1. The first-order valence-electron chi connectivity index (χ1n) is 26.0. The van der Waals surface area contributed by atoms with Gasteiger partial charge in [-0.2, -0.15) is 0 Å². The number of hydrogen-bond donors (Lipinski definition) is 5. The van der Waals surface area contributed by atoms with Crippen LogP contribution in [0.25, 0.3) is 0 Å². The highest BCUT2D eigenvalue weighted by molar-refractivity contribution is 6.35. The van der Waals surface area contributed by atoms with Crippen LogP contribution in [-0.4, -0.2) is 157 Å². The number of likely N-dealkylation sites (N-methyl/N-ethyl adjacent to an activating group) is 1. The van der Waals surface area contributed by atoms with Gasteiger partial charge >= 0.3 is 5.97 Å². The largest absolute Gasteiger partial charge is 0.459 e. The number of benzene rings is 2. The fraction of sp³-hybridized carbons (Fsp3) is 0.691. The van der Waals surface area contributed by atoms with Crippen molar-refractivity contribution in [3.05, 3.63) is 86.3 Å². The van der Waals surface area contributed by atoms with Gasteiger partial charge in [0.15, 0.2) is 12.6 Å².